The standard InChI is InChI=1S/C19H24N2O2/c1-14(12-20-3)19(22)21-18-11-7-8-16(15(18)2)13-23-17-9-5-4-6-10-17/h4-11,14,20H,12-13H2,1-3H3,(H,21,22). The van der Waals surface area contributed by atoms with Gasteiger partial charge in [0.25, 0.3) is 0 Å². The average Bonchev–Trinajstić information content (AvgIpc) is 2.56. The third-order valence-corrected chi connectivity index (χ3v) is 3.80. The van der Waals surface area contributed by atoms with Crippen molar-refractivity contribution in [2.75, 3.05) is 18.9 Å². The van der Waals surface area contributed by atoms with Crippen LogP contribution in [0.4, 0.5) is 5.69 Å². The topological polar surface area (TPSA) is 50.4 Å². The van der Waals surface area contributed by atoms with Crippen molar-refractivity contribution in [1.29, 1.82) is 0 Å². The van der Waals surface area contributed by atoms with Crippen molar-refractivity contribution >= 4 is 11.6 Å². The third-order valence-electron chi connectivity index (χ3n) is 3.80. The van der Waals surface area contributed by atoms with Crippen molar-refractivity contribution in [3.8, 4) is 5.75 Å². The van der Waals surface area contributed by atoms with Gasteiger partial charge < -0.3 is 15.4 Å². The fraction of sp³-hybridized carbons (Fsp3) is 0.316. The van der Waals surface area contributed by atoms with Crippen LogP contribution in [-0.2, 0) is 11.4 Å². The van der Waals surface area contributed by atoms with Gasteiger partial charge in [-0.15, -0.1) is 0 Å². The monoisotopic (exact) mass is 312 g/mol. The van der Waals surface area contributed by atoms with Crippen molar-refractivity contribution in [2.24, 2.45) is 5.92 Å². The predicted octanol–water partition coefficient (Wildman–Crippen LogP) is 3.37. The highest BCUT2D eigenvalue weighted by molar-refractivity contribution is 5.93. The van der Waals surface area contributed by atoms with Crippen molar-refractivity contribution < 1.29 is 9.53 Å². The lowest BCUT2D eigenvalue weighted by Crippen LogP contribution is -2.28. The highest BCUT2D eigenvalue weighted by Crippen LogP contribution is 2.21. The van der Waals surface area contributed by atoms with Crippen LogP contribution in [0.3, 0.4) is 0 Å². The van der Waals surface area contributed by atoms with E-state index >= 15 is 0 Å². The summed E-state index contributed by atoms with van der Waals surface area (Å²) in [6.45, 7) is 5.04. The van der Waals surface area contributed by atoms with Gasteiger partial charge in [0.2, 0.25) is 5.91 Å². The van der Waals surface area contributed by atoms with Gasteiger partial charge in [-0.1, -0.05) is 37.3 Å². The highest BCUT2D eigenvalue weighted by atomic mass is 16.5. The molecule has 2 aromatic rings. The summed E-state index contributed by atoms with van der Waals surface area (Å²) in [6, 6.07) is 15.6. The first kappa shape index (κ1) is 17.0. The SMILES string of the molecule is CNCC(C)C(=O)Nc1cccc(COc2ccccc2)c1C. The molecule has 0 heterocycles. The van der Waals surface area contributed by atoms with E-state index in [1.807, 2.05) is 69.4 Å². The highest BCUT2D eigenvalue weighted by Gasteiger charge is 2.14. The number of rotatable bonds is 7. The molecule has 1 unspecified atom stereocenters. The van der Waals surface area contributed by atoms with E-state index in [0.29, 0.717) is 13.2 Å². The molecule has 2 N–H and O–H groups in total. The van der Waals surface area contributed by atoms with Gasteiger partial charge in [-0.25, -0.2) is 0 Å². The van der Waals surface area contributed by atoms with E-state index in [1.165, 1.54) is 0 Å². The normalized spacial score (nSPS) is 11.8. The first-order valence-corrected chi connectivity index (χ1v) is 7.83. The predicted molar refractivity (Wildman–Crippen MR) is 93.7 cm³/mol. The van der Waals surface area contributed by atoms with E-state index in [9.17, 15) is 4.79 Å². The molecular formula is C19H24N2O2. The zero-order valence-electron chi connectivity index (χ0n) is 13.9. The second-order valence-electron chi connectivity index (χ2n) is 5.64. The quantitative estimate of drug-likeness (QED) is 0.824. The van der Waals surface area contributed by atoms with Gasteiger partial charge in [-0.05, 0) is 43.3 Å². The molecule has 0 spiro atoms. The fourth-order valence-electron chi connectivity index (χ4n) is 2.31. The molecule has 0 saturated carbocycles. The molecule has 0 fully saturated rings. The number of amides is 1. The summed E-state index contributed by atoms with van der Waals surface area (Å²) in [7, 11) is 1.84. The van der Waals surface area contributed by atoms with Crippen LogP contribution >= 0.6 is 0 Å². The molecule has 122 valence electrons. The van der Waals surface area contributed by atoms with Gasteiger partial charge in [0.1, 0.15) is 12.4 Å². The number of carbonyl (C=O) groups is 1. The Labute approximate surface area is 137 Å². The Morgan fingerprint density at radius 2 is 1.87 bits per heavy atom. The number of ether oxygens (including phenoxy) is 1. The van der Waals surface area contributed by atoms with E-state index in [4.69, 9.17) is 4.74 Å². The van der Waals surface area contributed by atoms with E-state index in [1.54, 1.807) is 0 Å². The number of nitrogens with one attached hydrogen (secondary N) is 2. The van der Waals surface area contributed by atoms with Crippen LogP contribution in [0.1, 0.15) is 18.1 Å². The molecule has 1 atom stereocenters. The van der Waals surface area contributed by atoms with Crippen LogP contribution in [0, 0.1) is 12.8 Å². The molecule has 0 aromatic heterocycles. The molecule has 4 nitrogen and oxygen atoms in total. The molecular weight excluding hydrogens is 288 g/mol. The zero-order valence-corrected chi connectivity index (χ0v) is 13.9. The van der Waals surface area contributed by atoms with E-state index < -0.39 is 0 Å². The van der Waals surface area contributed by atoms with Crippen molar-refractivity contribution in [1.82, 2.24) is 5.32 Å². The van der Waals surface area contributed by atoms with Gasteiger partial charge in [0.15, 0.2) is 0 Å². The minimum atomic E-state index is -0.0800. The summed E-state index contributed by atoms with van der Waals surface area (Å²) in [5, 5.41) is 6.02. The summed E-state index contributed by atoms with van der Waals surface area (Å²) in [5.41, 5.74) is 2.94. The number of hydrogen-bond acceptors (Lipinski definition) is 3. The summed E-state index contributed by atoms with van der Waals surface area (Å²) in [6.07, 6.45) is 0. The molecule has 0 radical (unpaired) electrons. The smallest absolute Gasteiger partial charge is 0.228 e. The fourth-order valence-corrected chi connectivity index (χ4v) is 2.31. The molecule has 0 saturated heterocycles. The first-order chi connectivity index (χ1) is 11.1. The number of benzene rings is 2. The minimum Gasteiger partial charge on any atom is -0.489 e. The number of carbonyl (C=O) groups excluding carboxylic acids is 1. The Balaban J connectivity index is 2.04. The summed E-state index contributed by atoms with van der Waals surface area (Å²) in [5.74, 6) is 0.774. The second kappa shape index (κ2) is 8.34. The molecule has 0 bridgehead atoms. The Hall–Kier alpha value is -2.33. The van der Waals surface area contributed by atoms with Crippen molar-refractivity contribution in [2.45, 2.75) is 20.5 Å². The molecule has 0 aliphatic rings. The molecule has 23 heavy (non-hydrogen) atoms. The van der Waals surface area contributed by atoms with Crippen LogP contribution in [0.5, 0.6) is 5.75 Å². The van der Waals surface area contributed by atoms with Crippen LogP contribution in [0.2, 0.25) is 0 Å². The Kier molecular flexibility index (Phi) is 6.18. The lowest BCUT2D eigenvalue weighted by Gasteiger charge is -2.16. The van der Waals surface area contributed by atoms with E-state index in [0.717, 1.165) is 22.6 Å². The van der Waals surface area contributed by atoms with Gasteiger partial charge in [0, 0.05) is 18.2 Å². The van der Waals surface area contributed by atoms with Gasteiger partial charge >= 0.3 is 0 Å². The van der Waals surface area contributed by atoms with E-state index in [-0.39, 0.29) is 11.8 Å². The number of anilines is 1. The lowest BCUT2D eigenvalue weighted by molar-refractivity contribution is -0.119. The maximum absolute atomic E-state index is 12.2. The maximum Gasteiger partial charge on any atom is 0.228 e. The first-order valence-electron chi connectivity index (χ1n) is 7.83. The Bertz CT molecular complexity index is 641. The van der Waals surface area contributed by atoms with Crippen LogP contribution in [0.15, 0.2) is 48.5 Å². The second-order valence-corrected chi connectivity index (χ2v) is 5.64. The Morgan fingerprint density at radius 3 is 2.57 bits per heavy atom. The molecule has 4 heteroatoms. The molecule has 2 rings (SSSR count). The largest absolute Gasteiger partial charge is 0.489 e. The van der Waals surface area contributed by atoms with Crippen LogP contribution in [0.25, 0.3) is 0 Å². The number of hydrogen-bond donors (Lipinski definition) is 2. The molecule has 0 aliphatic carbocycles. The van der Waals surface area contributed by atoms with Crippen molar-refractivity contribution in [3.05, 3.63) is 59.7 Å². The summed E-state index contributed by atoms with van der Waals surface area (Å²) in [4.78, 5) is 12.2. The lowest BCUT2D eigenvalue weighted by atomic mass is 10.1. The maximum atomic E-state index is 12.2. The average molecular weight is 312 g/mol. The number of para-hydroxylation sites is 1. The zero-order chi connectivity index (χ0) is 16.7. The van der Waals surface area contributed by atoms with Crippen LogP contribution in [-0.4, -0.2) is 19.5 Å². The molecule has 0 aliphatic heterocycles. The van der Waals surface area contributed by atoms with E-state index in [2.05, 4.69) is 10.6 Å². The molecule has 2 aromatic carbocycles. The minimum absolute atomic E-state index is 0.0172. The summed E-state index contributed by atoms with van der Waals surface area (Å²) >= 11 is 0. The Morgan fingerprint density at radius 1 is 1.13 bits per heavy atom. The van der Waals surface area contributed by atoms with Crippen LogP contribution < -0.4 is 15.4 Å². The summed E-state index contributed by atoms with van der Waals surface area (Å²) < 4.78 is 5.80. The van der Waals surface area contributed by atoms with Crippen molar-refractivity contribution in [3.63, 3.8) is 0 Å². The van der Waals surface area contributed by atoms with Gasteiger partial charge in [-0.3, -0.25) is 4.79 Å². The third kappa shape index (κ3) is 4.83. The van der Waals surface area contributed by atoms with Gasteiger partial charge in [-0.2, -0.15) is 0 Å². The van der Waals surface area contributed by atoms with Gasteiger partial charge in [0.05, 0.1) is 0 Å². The molecule has 1 amide bonds.